The van der Waals surface area contributed by atoms with Gasteiger partial charge < -0.3 is 15.5 Å². The standard InChI is InChI=1S/C14H19N3O2/c1-10-3-4-12(9-13(10)15)14(19)17-7-5-16(6-8-17)11(2)18/h3-4,9H,5-8,15H2,1-2H3. The molecule has 0 aliphatic carbocycles. The maximum absolute atomic E-state index is 12.3. The first-order valence-corrected chi connectivity index (χ1v) is 6.40. The van der Waals surface area contributed by atoms with Gasteiger partial charge in [0.2, 0.25) is 5.91 Å². The van der Waals surface area contributed by atoms with Crippen molar-refractivity contribution in [3.63, 3.8) is 0 Å². The largest absolute Gasteiger partial charge is 0.398 e. The van der Waals surface area contributed by atoms with Gasteiger partial charge in [0.25, 0.3) is 5.91 Å². The number of rotatable bonds is 1. The molecule has 2 amide bonds. The van der Waals surface area contributed by atoms with Crippen LogP contribution >= 0.6 is 0 Å². The monoisotopic (exact) mass is 261 g/mol. The molecule has 1 aromatic rings. The van der Waals surface area contributed by atoms with Gasteiger partial charge in [-0.3, -0.25) is 9.59 Å². The van der Waals surface area contributed by atoms with Gasteiger partial charge in [0, 0.05) is 44.4 Å². The molecule has 0 atom stereocenters. The van der Waals surface area contributed by atoms with Gasteiger partial charge in [-0.1, -0.05) is 6.07 Å². The Hall–Kier alpha value is -2.04. The lowest BCUT2D eigenvalue weighted by Crippen LogP contribution is -2.50. The van der Waals surface area contributed by atoms with E-state index >= 15 is 0 Å². The molecule has 5 nitrogen and oxygen atoms in total. The lowest BCUT2D eigenvalue weighted by atomic mass is 10.1. The summed E-state index contributed by atoms with van der Waals surface area (Å²) in [4.78, 5) is 27.1. The Balaban J connectivity index is 2.05. The summed E-state index contributed by atoms with van der Waals surface area (Å²) in [7, 11) is 0. The molecule has 0 radical (unpaired) electrons. The fourth-order valence-electron chi connectivity index (χ4n) is 2.18. The van der Waals surface area contributed by atoms with Crippen LogP contribution in [0.5, 0.6) is 0 Å². The molecule has 2 rings (SSSR count). The summed E-state index contributed by atoms with van der Waals surface area (Å²) in [6.07, 6.45) is 0. The first-order valence-electron chi connectivity index (χ1n) is 6.40. The van der Waals surface area contributed by atoms with Crippen molar-refractivity contribution in [2.75, 3.05) is 31.9 Å². The van der Waals surface area contributed by atoms with Crippen molar-refractivity contribution < 1.29 is 9.59 Å². The molecule has 2 N–H and O–H groups in total. The molecule has 1 aromatic carbocycles. The number of hydrogen-bond acceptors (Lipinski definition) is 3. The Kier molecular flexibility index (Phi) is 3.74. The second kappa shape index (κ2) is 5.30. The number of nitrogen functional groups attached to an aromatic ring is 1. The lowest BCUT2D eigenvalue weighted by Gasteiger charge is -2.34. The smallest absolute Gasteiger partial charge is 0.254 e. The van der Waals surface area contributed by atoms with Crippen LogP contribution < -0.4 is 5.73 Å². The quantitative estimate of drug-likeness (QED) is 0.763. The van der Waals surface area contributed by atoms with Crippen LogP contribution in [0.15, 0.2) is 18.2 Å². The van der Waals surface area contributed by atoms with Crippen molar-refractivity contribution in [3.05, 3.63) is 29.3 Å². The van der Waals surface area contributed by atoms with Crippen LogP contribution in [0.4, 0.5) is 5.69 Å². The number of carbonyl (C=O) groups excluding carboxylic acids is 2. The summed E-state index contributed by atoms with van der Waals surface area (Å²) in [5, 5.41) is 0. The highest BCUT2D eigenvalue weighted by atomic mass is 16.2. The number of amides is 2. The zero-order chi connectivity index (χ0) is 14.0. The van der Waals surface area contributed by atoms with E-state index in [0.717, 1.165) is 5.56 Å². The first-order chi connectivity index (χ1) is 8.99. The number of nitrogens with two attached hydrogens (primary N) is 1. The van der Waals surface area contributed by atoms with E-state index in [1.807, 2.05) is 13.0 Å². The Bertz CT molecular complexity index is 505. The van der Waals surface area contributed by atoms with Crippen molar-refractivity contribution in [1.29, 1.82) is 0 Å². The maximum Gasteiger partial charge on any atom is 0.254 e. The lowest BCUT2D eigenvalue weighted by molar-refractivity contribution is -0.130. The molecule has 1 heterocycles. The molecule has 0 saturated carbocycles. The second-order valence-corrected chi connectivity index (χ2v) is 4.87. The third-order valence-corrected chi connectivity index (χ3v) is 3.54. The SMILES string of the molecule is CC(=O)N1CCN(C(=O)c2ccc(C)c(N)c2)CC1. The van der Waals surface area contributed by atoms with E-state index in [4.69, 9.17) is 5.73 Å². The van der Waals surface area contributed by atoms with E-state index in [9.17, 15) is 9.59 Å². The predicted molar refractivity (Wildman–Crippen MR) is 73.7 cm³/mol. The summed E-state index contributed by atoms with van der Waals surface area (Å²) < 4.78 is 0. The van der Waals surface area contributed by atoms with Crippen molar-refractivity contribution in [3.8, 4) is 0 Å². The van der Waals surface area contributed by atoms with Crippen molar-refractivity contribution >= 4 is 17.5 Å². The molecule has 0 bridgehead atoms. The topological polar surface area (TPSA) is 66.6 Å². The Morgan fingerprint density at radius 3 is 2.21 bits per heavy atom. The average molecular weight is 261 g/mol. The molecule has 1 aliphatic heterocycles. The third kappa shape index (κ3) is 2.86. The number of benzene rings is 1. The summed E-state index contributed by atoms with van der Waals surface area (Å²) in [5.41, 5.74) is 8.04. The molecule has 5 heteroatoms. The number of piperazine rings is 1. The number of hydrogen-bond donors (Lipinski definition) is 1. The van der Waals surface area contributed by atoms with Gasteiger partial charge in [0.1, 0.15) is 0 Å². The van der Waals surface area contributed by atoms with Gasteiger partial charge in [-0.15, -0.1) is 0 Å². The highest BCUT2D eigenvalue weighted by Gasteiger charge is 2.23. The number of nitrogens with zero attached hydrogens (tertiary/aromatic N) is 2. The molecular weight excluding hydrogens is 242 g/mol. The zero-order valence-electron chi connectivity index (χ0n) is 11.3. The van der Waals surface area contributed by atoms with E-state index in [-0.39, 0.29) is 11.8 Å². The van der Waals surface area contributed by atoms with Crippen LogP contribution in [0.25, 0.3) is 0 Å². The van der Waals surface area contributed by atoms with E-state index in [2.05, 4.69) is 0 Å². The van der Waals surface area contributed by atoms with Gasteiger partial charge in [-0.05, 0) is 24.6 Å². The molecular formula is C14H19N3O2. The summed E-state index contributed by atoms with van der Waals surface area (Å²) in [6, 6.07) is 5.37. The van der Waals surface area contributed by atoms with Crippen LogP contribution in [0.3, 0.4) is 0 Å². The highest BCUT2D eigenvalue weighted by molar-refractivity contribution is 5.95. The predicted octanol–water partition coefficient (Wildman–Crippen LogP) is 0.882. The van der Waals surface area contributed by atoms with E-state index < -0.39 is 0 Å². The van der Waals surface area contributed by atoms with Gasteiger partial charge in [-0.25, -0.2) is 0 Å². The normalized spacial score (nSPS) is 15.5. The number of aryl methyl sites for hydroxylation is 1. The minimum Gasteiger partial charge on any atom is -0.398 e. The molecule has 0 spiro atoms. The Morgan fingerprint density at radius 2 is 1.68 bits per heavy atom. The molecule has 19 heavy (non-hydrogen) atoms. The Morgan fingerprint density at radius 1 is 1.11 bits per heavy atom. The minimum atomic E-state index is -0.0186. The van der Waals surface area contributed by atoms with Gasteiger partial charge in [0.05, 0.1) is 0 Å². The third-order valence-electron chi connectivity index (χ3n) is 3.54. The number of carbonyl (C=O) groups is 2. The molecule has 1 fully saturated rings. The summed E-state index contributed by atoms with van der Waals surface area (Å²) >= 11 is 0. The maximum atomic E-state index is 12.3. The van der Waals surface area contributed by atoms with Crippen LogP contribution in [0.1, 0.15) is 22.8 Å². The van der Waals surface area contributed by atoms with Crippen LogP contribution in [-0.4, -0.2) is 47.8 Å². The molecule has 102 valence electrons. The summed E-state index contributed by atoms with van der Waals surface area (Å²) in [5.74, 6) is 0.0431. The van der Waals surface area contributed by atoms with Crippen LogP contribution in [0.2, 0.25) is 0 Å². The highest BCUT2D eigenvalue weighted by Crippen LogP contribution is 2.15. The molecule has 1 aliphatic rings. The van der Waals surface area contributed by atoms with Gasteiger partial charge >= 0.3 is 0 Å². The van der Waals surface area contributed by atoms with Crippen molar-refractivity contribution in [2.24, 2.45) is 0 Å². The fraction of sp³-hybridized carbons (Fsp3) is 0.429. The minimum absolute atomic E-state index is 0.0186. The molecule has 1 saturated heterocycles. The van der Waals surface area contributed by atoms with Gasteiger partial charge in [-0.2, -0.15) is 0 Å². The fourth-order valence-corrected chi connectivity index (χ4v) is 2.18. The van der Waals surface area contributed by atoms with Crippen LogP contribution in [-0.2, 0) is 4.79 Å². The Labute approximate surface area is 113 Å². The van der Waals surface area contributed by atoms with E-state index in [1.165, 1.54) is 0 Å². The van der Waals surface area contributed by atoms with Crippen LogP contribution in [0, 0.1) is 6.92 Å². The van der Waals surface area contributed by atoms with E-state index in [0.29, 0.717) is 37.4 Å². The van der Waals surface area contributed by atoms with Crippen molar-refractivity contribution in [1.82, 2.24) is 9.80 Å². The molecule has 0 unspecified atom stereocenters. The molecule has 0 aromatic heterocycles. The van der Waals surface area contributed by atoms with Crippen molar-refractivity contribution in [2.45, 2.75) is 13.8 Å². The van der Waals surface area contributed by atoms with E-state index in [1.54, 1.807) is 28.9 Å². The first kappa shape index (κ1) is 13.4. The van der Waals surface area contributed by atoms with Gasteiger partial charge in [0.15, 0.2) is 0 Å². The second-order valence-electron chi connectivity index (χ2n) is 4.87. The average Bonchev–Trinajstić information content (AvgIpc) is 2.41. The zero-order valence-corrected chi connectivity index (χ0v) is 11.3. The number of anilines is 1. The summed E-state index contributed by atoms with van der Waals surface area (Å²) in [6.45, 7) is 5.82.